The van der Waals surface area contributed by atoms with Gasteiger partial charge in [0.15, 0.2) is 11.7 Å². The lowest BCUT2D eigenvalue weighted by atomic mass is 9.95. The van der Waals surface area contributed by atoms with Crippen LogP contribution in [0.4, 0.5) is 8.78 Å². The average molecular weight is 518 g/mol. The first-order valence-corrected chi connectivity index (χ1v) is 11.0. The Bertz CT molecular complexity index is 1040. The molecule has 2 aromatic rings. The average Bonchev–Trinajstić information content (AvgIpc) is 2.66. The highest BCUT2D eigenvalue weighted by atomic mass is 127. The number of nitrogens with zero attached hydrogens (tertiary/aromatic N) is 2. The number of methoxy groups -OCH3 is 1. The second-order valence-electron chi connectivity index (χ2n) is 5.82. The molecule has 2 heterocycles. The molecule has 1 aliphatic rings. The number of ether oxygens (including phenoxy) is 1. The number of carbonyl (C=O) groups is 1. The van der Waals surface area contributed by atoms with E-state index in [2.05, 4.69) is 19.8 Å². The van der Waals surface area contributed by atoms with Crippen molar-refractivity contribution in [1.29, 1.82) is 0 Å². The second kappa shape index (κ2) is 8.44. The predicted molar refractivity (Wildman–Crippen MR) is 113 cm³/mol. The molecule has 146 valence electrons. The number of rotatable bonds is 4. The van der Waals surface area contributed by atoms with E-state index in [1.807, 2.05) is 6.07 Å². The van der Waals surface area contributed by atoms with Crippen LogP contribution in [-0.2, 0) is 9.53 Å². The van der Waals surface area contributed by atoms with Gasteiger partial charge in [0.25, 0.3) is 0 Å². The van der Waals surface area contributed by atoms with Crippen LogP contribution in [-0.4, -0.2) is 28.4 Å². The SMILES string of the molecule is C=Ic1ccc([C@@H]2N=C(c3ncc(F)cc3F)NC(C)=C2C(=O)OC)c(Cl)c1. The molecule has 1 aromatic carbocycles. The number of amidine groups is 1. The first-order valence-electron chi connectivity index (χ1n) is 7.98. The van der Waals surface area contributed by atoms with E-state index in [0.29, 0.717) is 16.3 Å². The molecule has 0 saturated heterocycles. The van der Waals surface area contributed by atoms with Crippen molar-refractivity contribution < 1.29 is 18.3 Å². The minimum absolute atomic E-state index is 0.0670. The molecule has 0 radical (unpaired) electrons. The fourth-order valence-electron chi connectivity index (χ4n) is 2.79. The zero-order valence-corrected chi connectivity index (χ0v) is 17.8. The molecule has 28 heavy (non-hydrogen) atoms. The van der Waals surface area contributed by atoms with Crippen LogP contribution < -0.4 is 5.32 Å². The van der Waals surface area contributed by atoms with Gasteiger partial charge >= 0.3 is 5.97 Å². The molecule has 0 unspecified atom stereocenters. The molecule has 1 aliphatic heterocycles. The number of nitrogens with one attached hydrogen (secondary N) is 1. The number of benzene rings is 1. The largest absolute Gasteiger partial charge is 0.466 e. The first-order chi connectivity index (χ1) is 13.3. The zero-order valence-electron chi connectivity index (χ0n) is 14.9. The summed E-state index contributed by atoms with van der Waals surface area (Å²) in [5, 5.41) is 3.27. The van der Waals surface area contributed by atoms with Crippen LogP contribution >= 0.6 is 32.3 Å². The maximum atomic E-state index is 14.2. The summed E-state index contributed by atoms with van der Waals surface area (Å²) in [4.78, 5) is 20.6. The Hall–Kier alpha value is -2.20. The molecule has 0 amide bonds. The summed E-state index contributed by atoms with van der Waals surface area (Å²) in [7, 11) is 1.26. The molecule has 5 nitrogen and oxygen atoms in total. The van der Waals surface area contributed by atoms with Gasteiger partial charge in [0.1, 0.15) is 17.6 Å². The van der Waals surface area contributed by atoms with E-state index in [1.165, 1.54) is 7.11 Å². The summed E-state index contributed by atoms with van der Waals surface area (Å²) in [5.74, 6) is -2.19. The number of pyridine rings is 1. The third-order valence-electron chi connectivity index (χ3n) is 4.09. The quantitative estimate of drug-likeness (QED) is 0.490. The minimum atomic E-state index is -0.873. The number of esters is 1. The lowest BCUT2D eigenvalue weighted by Gasteiger charge is -2.26. The molecule has 1 N–H and O–H groups in total. The van der Waals surface area contributed by atoms with Gasteiger partial charge in [0.2, 0.25) is 0 Å². The lowest BCUT2D eigenvalue weighted by Crippen LogP contribution is -2.33. The van der Waals surface area contributed by atoms with Crippen molar-refractivity contribution in [2.45, 2.75) is 13.0 Å². The van der Waals surface area contributed by atoms with Crippen LogP contribution in [0.1, 0.15) is 24.2 Å². The van der Waals surface area contributed by atoms with Crippen LogP contribution in [0.5, 0.6) is 0 Å². The molecule has 0 aliphatic carbocycles. The highest BCUT2D eigenvalue weighted by Gasteiger charge is 2.32. The van der Waals surface area contributed by atoms with Gasteiger partial charge in [0.05, 0.1) is 18.9 Å². The third kappa shape index (κ3) is 3.97. The fourth-order valence-corrected chi connectivity index (χ4v) is 4.22. The maximum Gasteiger partial charge on any atom is 0.338 e. The van der Waals surface area contributed by atoms with E-state index in [-0.39, 0.29) is 17.1 Å². The molecular formula is C19H15ClF2IN3O2. The van der Waals surface area contributed by atoms with E-state index in [9.17, 15) is 13.6 Å². The summed E-state index contributed by atoms with van der Waals surface area (Å²) >= 11 is 6.02. The standard InChI is InChI=1S/C19H15ClF2IN3O2/c1-9-15(19(27)28-3)16(12-5-4-11(23-2)7-13(12)20)26-18(25-9)17-14(22)6-10(21)8-24-17/h4-8,16H,2H2,1,3H3,(H,25,26)/t16-/m0/s1. The Morgan fingerprint density at radius 3 is 2.71 bits per heavy atom. The molecule has 9 heteroatoms. The van der Waals surface area contributed by atoms with E-state index >= 15 is 0 Å². The number of aromatic nitrogens is 1. The van der Waals surface area contributed by atoms with Crippen molar-refractivity contribution in [3.05, 3.63) is 73.2 Å². The van der Waals surface area contributed by atoms with E-state index < -0.39 is 44.4 Å². The van der Waals surface area contributed by atoms with E-state index in [4.69, 9.17) is 16.3 Å². The Morgan fingerprint density at radius 1 is 1.36 bits per heavy atom. The molecule has 1 atom stereocenters. The van der Waals surface area contributed by atoms with Crippen molar-refractivity contribution in [1.82, 2.24) is 10.3 Å². The lowest BCUT2D eigenvalue weighted by molar-refractivity contribution is -0.136. The summed E-state index contributed by atoms with van der Waals surface area (Å²) in [6, 6.07) is 5.31. The normalized spacial score (nSPS) is 16.5. The van der Waals surface area contributed by atoms with Crippen molar-refractivity contribution in [2.24, 2.45) is 4.99 Å². The van der Waals surface area contributed by atoms with Crippen LogP contribution in [0.15, 0.2) is 46.7 Å². The van der Waals surface area contributed by atoms with Gasteiger partial charge in [-0.25, -0.2) is 18.6 Å². The predicted octanol–water partition coefficient (Wildman–Crippen LogP) is 4.12. The number of hydrogen-bond acceptors (Lipinski definition) is 5. The van der Waals surface area contributed by atoms with Crippen molar-refractivity contribution in [2.75, 3.05) is 7.11 Å². The van der Waals surface area contributed by atoms with E-state index in [1.54, 1.807) is 19.1 Å². The summed E-state index contributed by atoms with van der Waals surface area (Å²) in [6.07, 6.45) is 0.895. The van der Waals surface area contributed by atoms with Crippen LogP contribution in [0, 0.1) is 15.2 Å². The van der Waals surface area contributed by atoms with Gasteiger partial charge in [-0.15, -0.1) is 0 Å². The van der Waals surface area contributed by atoms with Crippen molar-refractivity contribution in [3.63, 3.8) is 0 Å². The molecule has 0 saturated carbocycles. The second-order valence-corrected chi connectivity index (χ2v) is 8.23. The minimum Gasteiger partial charge on any atom is -0.466 e. The molecular weight excluding hydrogens is 503 g/mol. The Kier molecular flexibility index (Phi) is 6.19. The molecule has 3 rings (SSSR count). The van der Waals surface area contributed by atoms with Crippen molar-refractivity contribution >= 4 is 48.7 Å². The molecule has 0 bridgehead atoms. The van der Waals surface area contributed by atoms with Crippen LogP contribution in [0.3, 0.4) is 0 Å². The Balaban J connectivity index is 2.17. The van der Waals surface area contributed by atoms with Crippen molar-refractivity contribution in [3.8, 4) is 0 Å². The van der Waals surface area contributed by atoms with Gasteiger partial charge < -0.3 is 10.1 Å². The molecule has 0 spiro atoms. The third-order valence-corrected chi connectivity index (χ3v) is 5.97. The zero-order chi connectivity index (χ0) is 20.4. The summed E-state index contributed by atoms with van der Waals surface area (Å²) in [5.41, 5.74) is 1.06. The van der Waals surface area contributed by atoms with E-state index in [0.717, 1.165) is 15.8 Å². The molecule has 0 fully saturated rings. The van der Waals surface area contributed by atoms with Crippen LogP contribution in [0.2, 0.25) is 5.02 Å². The molecule has 1 aromatic heterocycles. The fraction of sp³-hybridized carbons (Fsp3) is 0.158. The first kappa shape index (κ1) is 20.5. The van der Waals surface area contributed by atoms with Gasteiger partial charge in [-0.2, -0.15) is 0 Å². The number of carbonyl (C=O) groups excluding carboxylic acids is 1. The number of hydrogen-bond donors (Lipinski definition) is 1. The Morgan fingerprint density at radius 2 is 2.11 bits per heavy atom. The monoisotopic (exact) mass is 517 g/mol. The maximum absolute atomic E-state index is 14.2. The smallest absolute Gasteiger partial charge is 0.338 e. The summed E-state index contributed by atoms with van der Waals surface area (Å²) < 4.78 is 37.3. The van der Waals surface area contributed by atoms with Gasteiger partial charge in [-0.05, 0) is 19.1 Å². The number of allylic oxidation sites excluding steroid dienone is 1. The summed E-state index contributed by atoms with van der Waals surface area (Å²) in [6.45, 7) is 1.64. The highest BCUT2D eigenvalue weighted by molar-refractivity contribution is 14.2. The Labute approximate surface area is 175 Å². The van der Waals surface area contributed by atoms with Gasteiger partial charge in [-0.3, -0.25) is 4.99 Å². The topological polar surface area (TPSA) is 63.6 Å². The van der Waals surface area contributed by atoms with Gasteiger partial charge in [0, 0.05) is 25.9 Å². The highest BCUT2D eigenvalue weighted by Crippen LogP contribution is 2.36. The van der Waals surface area contributed by atoms with Gasteiger partial charge in [-0.1, -0.05) is 42.9 Å². The van der Waals surface area contributed by atoms with Crippen LogP contribution in [0.25, 0.3) is 0 Å². The number of aliphatic imine (C=N–C) groups is 1. The number of halogens is 4.